The second-order valence-electron chi connectivity index (χ2n) is 13.4. The largest absolute Gasteiger partial charge is 0.462 e. The fraction of sp³-hybridized carbons (Fsp3) is 0.0408. The lowest BCUT2D eigenvalue weighted by molar-refractivity contribution is 0.404. The molecule has 8 heteroatoms. The quantitative estimate of drug-likeness (QED) is 0.136. The van der Waals surface area contributed by atoms with Crippen LogP contribution >= 0.6 is 0 Å². The topological polar surface area (TPSA) is 90.9 Å². The third kappa shape index (κ3) is 7.86. The molecule has 0 atom stereocenters. The molecule has 57 heavy (non-hydrogen) atoms. The molecule has 0 radical (unpaired) electrons. The fourth-order valence-electron chi connectivity index (χ4n) is 6.58. The van der Waals surface area contributed by atoms with Crippen molar-refractivity contribution in [3.8, 4) is 73.8 Å². The zero-order valence-corrected chi connectivity index (χ0v) is 30.7. The van der Waals surface area contributed by atoms with Crippen molar-refractivity contribution in [2.75, 3.05) is 0 Å². The molecule has 8 nitrogen and oxygen atoms in total. The lowest BCUT2D eigenvalue weighted by Crippen LogP contribution is -2.06. The molecule has 6 aromatic carbocycles. The molecule has 0 saturated carbocycles. The second-order valence-corrected chi connectivity index (χ2v) is 13.4. The van der Waals surface area contributed by atoms with Crippen LogP contribution in [0, 0.1) is 6.57 Å². The summed E-state index contributed by atoms with van der Waals surface area (Å²) < 4.78 is 6.46. The van der Waals surface area contributed by atoms with Gasteiger partial charge in [0.15, 0.2) is 40.6 Å². The second kappa shape index (κ2) is 15.8. The van der Waals surface area contributed by atoms with Gasteiger partial charge in [-0.3, -0.25) is 0 Å². The maximum Gasteiger partial charge on any atom is 0.187 e. The smallest absolute Gasteiger partial charge is 0.187 e. The van der Waals surface area contributed by atoms with E-state index in [1.165, 1.54) is 0 Å². The standard InChI is InChI=1S/C49H33N7O/c1-50-41-28-24-34(25-29-41)33-20-22-38(23-21-33)47-54-46(37-16-9-4-10-17-37)55-49(56-47)40-18-11-19-43(32-40)57-42-30-26-39(27-31-42)48-52-44(35-12-5-2-6-13-35)51-45(53-48)36-14-7-3-8-15-36/h2-26,28-30,32H,27,31H2. The van der Waals surface area contributed by atoms with E-state index in [2.05, 4.69) is 4.85 Å². The average molecular weight is 736 g/mol. The van der Waals surface area contributed by atoms with Crippen LogP contribution in [0.5, 0.6) is 5.75 Å². The third-order valence-corrected chi connectivity index (χ3v) is 9.58. The van der Waals surface area contributed by atoms with Crippen LogP contribution in [0.15, 0.2) is 182 Å². The van der Waals surface area contributed by atoms with Crippen LogP contribution < -0.4 is 4.74 Å². The van der Waals surface area contributed by atoms with E-state index >= 15 is 0 Å². The Labute approximate surface area is 330 Å². The molecule has 0 N–H and O–H groups in total. The normalized spacial score (nSPS) is 12.3. The van der Waals surface area contributed by atoms with Crippen LogP contribution in [-0.4, -0.2) is 29.9 Å². The minimum Gasteiger partial charge on any atom is -0.462 e. The first kappa shape index (κ1) is 34.9. The summed E-state index contributed by atoms with van der Waals surface area (Å²) in [7, 11) is 0. The van der Waals surface area contributed by atoms with Gasteiger partial charge >= 0.3 is 0 Å². The van der Waals surface area contributed by atoms with Gasteiger partial charge in [0, 0.05) is 34.2 Å². The van der Waals surface area contributed by atoms with Crippen molar-refractivity contribution < 1.29 is 4.74 Å². The Morgan fingerprint density at radius 2 is 0.807 bits per heavy atom. The maximum absolute atomic E-state index is 7.25. The van der Waals surface area contributed by atoms with Gasteiger partial charge in [0.05, 0.1) is 6.57 Å². The Kier molecular flexibility index (Phi) is 9.68. The molecule has 0 unspecified atom stereocenters. The Bertz CT molecular complexity index is 2740. The van der Waals surface area contributed by atoms with E-state index < -0.39 is 0 Å². The van der Waals surface area contributed by atoms with Crippen LogP contribution in [0.2, 0.25) is 0 Å². The highest BCUT2D eigenvalue weighted by Crippen LogP contribution is 2.32. The lowest BCUT2D eigenvalue weighted by atomic mass is 10.0. The van der Waals surface area contributed by atoms with Crippen molar-refractivity contribution in [1.29, 1.82) is 0 Å². The number of allylic oxidation sites excluding steroid dienone is 4. The van der Waals surface area contributed by atoms with Crippen LogP contribution in [0.25, 0.3) is 78.5 Å². The van der Waals surface area contributed by atoms with Gasteiger partial charge in [-0.05, 0) is 41.3 Å². The fourth-order valence-corrected chi connectivity index (χ4v) is 6.58. The van der Waals surface area contributed by atoms with Crippen molar-refractivity contribution in [3.05, 3.63) is 199 Å². The van der Waals surface area contributed by atoms with Crippen LogP contribution in [0.1, 0.15) is 18.7 Å². The van der Waals surface area contributed by atoms with Gasteiger partial charge in [-0.15, -0.1) is 0 Å². The summed E-state index contributed by atoms with van der Waals surface area (Å²) in [5.74, 6) is 5.15. The Morgan fingerprint density at radius 1 is 0.386 bits per heavy atom. The molecule has 1 aliphatic carbocycles. The number of hydrogen-bond donors (Lipinski definition) is 0. The van der Waals surface area contributed by atoms with E-state index in [1.54, 1.807) is 0 Å². The Hall–Kier alpha value is -7.89. The molecule has 0 spiro atoms. The molecule has 270 valence electrons. The zero-order valence-electron chi connectivity index (χ0n) is 30.7. The number of ether oxygens (including phenoxy) is 1. The van der Waals surface area contributed by atoms with Crippen LogP contribution in [0.4, 0.5) is 5.69 Å². The molecule has 9 rings (SSSR count). The van der Waals surface area contributed by atoms with Crippen LogP contribution in [-0.2, 0) is 0 Å². The van der Waals surface area contributed by atoms with Gasteiger partial charge in [0.2, 0.25) is 0 Å². The van der Waals surface area contributed by atoms with E-state index in [-0.39, 0.29) is 0 Å². The van der Waals surface area contributed by atoms with Crippen molar-refractivity contribution >= 4 is 11.3 Å². The lowest BCUT2D eigenvalue weighted by Gasteiger charge is -2.16. The maximum atomic E-state index is 7.25. The van der Waals surface area contributed by atoms with Gasteiger partial charge in [0.1, 0.15) is 11.5 Å². The zero-order chi connectivity index (χ0) is 38.4. The third-order valence-electron chi connectivity index (χ3n) is 9.58. The summed E-state index contributed by atoms with van der Waals surface area (Å²) in [5.41, 5.74) is 8.16. The van der Waals surface area contributed by atoms with E-state index in [0.29, 0.717) is 59.2 Å². The summed E-state index contributed by atoms with van der Waals surface area (Å²) in [6.07, 6.45) is 5.42. The number of hydrogen-bond acceptors (Lipinski definition) is 7. The van der Waals surface area contributed by atoms with Crippen molar-refractivity contribution in [2.24, 2.45) is 0 Å². The Morgan fingerprint density at radius 3 is 1.28 bits per heavy atom. The number of nitrogens with zero attached hydrogens (tertiary/aromatic N) is 7. The molecule has 0 amide bonds. The number of aromatic nitrogens is 6. The first-order valence-electron chi connectivity index (χ1n) is 18.6. The molecule has 2 heterocycles. The first-order chi connectivity index (χ1) is 28.1. The van der Waals surface area contributed by atoms with E-state index in [9.17, 15) is 0 Å². The molecule has 0 bridgehead atoms. The van der Waals surface area contributed by atoms with Gasteiger partial charge in [-0.1, -0.05) is 158 Å². The minimum atomic E-state index is 0.543. The predicted molar refractivity (Wildman–Crippen MR) is 224 cm³/mol. The molecule has 2 aromatic heterocycles. The van der Waals surface area contributed by atoms with Gasteiger partial charge in [0.25, 0.3) is 0 Å². The summed E-state index contributed by atoms with van der Waals surface area (Å²) in [6, 6.07) is 53.5. The average Bonchev–Trinajstić information content (AvgIpc) is 3.30. The summed E-state index contributed by atoms with van der Waals surface area (Å²) in [6.45, 7) is 7.25. The molecular formula is C49H33N7O. The summed E-state index contributed by atoms with van der Waals surface area (Å²) in [5, 5.41) is 0. The molecule has 0 fully saturated rings. The molecule has 8 aromatic rings. The first-order valence-corrected chi connectivity index (χ1v) is 18.6. The number of rotatable bonds is 9. The minimum absolute atomic E-state index is 0.543. The van der Waals surface area contributed by atoms with E-state index in [4.69, 9.17) is 41.2 Å². The van der Waals surface area contributed by atoms with E-state index in [1.807, 2.05) is 176 Å². The molecule has 1 aliphatic rings. The molecular weight excluding hydrogens is 703 g/mol. The van der Waals surface area contributed by atoms with Gasteiger partial charge in [-0.2, -0.15) is 0 Å². The van der Waals surface area contributed by atoms with Gasteiger partial charge < -0.3 is 4.74 Å². The van der Waals surface area contributed by atoms with Crippen molar-refractivity contribution in [1.82, 2.24) is 29.9 Å². The van der Waals surface area contributed by atoms with Crippen molar-refractivity contribution in [3.63, 3.8) is 0 Å². The highest BCUT2D eigenvalue weighted by molar-refractivity contribution is 5.72. The van der Waals surface area contributed by atoms with E-state index in [0.717, 1.165) is 50.3 Å². The highest BCUT2D eigenvalue weighted by Gasteiger charge is 2.18. The SMILES string of the molecule is [C-]#[N+]c1ccc(-c2ccc(-c3nc(-c4ccccc4)nc(-c4cccc(OC5=CC=C(c6nc(-c7ccccc7)nc(-c7ccccc7)n6)CC5)c4)n3)cc2)cc1. The molecule has 0 saturated heterocycles. The Balaban J connectivity index is 1.00. The van der Waals surface area contributed by atoms with Gasteiger partial charge in [-0.25, -0.2) is 34.7 Å². The monoisotopic (exact) mass is 735 g/mol. The van der Waals surface area contributed by atoms with Crippen molar-refractivity contribution in [2.45, 2.75) is 12.8 Å². The summed E-state index contributed by atoms with van der Waals surface area (Å²) in [4.78, 5) is 32.9. The summed E-state index contributed by atoms with van der Waals surface area (Å²) >= 11 is 0. The van der Waals surface area contributed by atoms with Crippen LogP contribution in [0.3, 0.4) is 0 Å². The highest BCUT2D eigenvalue weighted by atomic mass is 16.5. The predicted octanol–water partition coefficient (Wildman–Crippen LogP) is 11.7. The molecule has 0 aliphatic heterocycles. The number of benzene rings is 6.